The maximum Gasteiger partial charge on any atom is 0.0735 e. The third-order valence-corrected chi connectivity index (χ3v) is 6.32. The molecule has 0 spiro atoms. The van der Waals surface area contributed by atoms with Crippen LogP contribution in [0.3, 0.4) is 0 Å². The van der Waals surface area contributed by atoms with Crippen molar-refractivity contribution < 1.29 is 0 Å². The molecule has 4 nitrogen and oxygen atoms in total. The van der Waals surface area contributed by atoms with E-state index < -0.39 is 0 Å². The van der Waals surface area contributed by atoms with E-state index >= 15 is 0 Å². The van der Waals surface area contributed by atoms with Gasteiger partial charge in [0.25, 0.3) is 0 Å². The summed E-state index contributed by atoms with van der Waals surface area (Å²) in [5, 5.41) is 4.55. The van der Waals surface area contributed by atoms with Gasteiger partial charge in [-0.1, -0.05) is 36.4 Å². The number of benzene rings is 1. The maximum atomic E-state index is 4.55. The van der Waals surface area contributed by atoms with Gasteiger partial charge in [-0.15, -0.1) is 0 Å². The van der Waals surface area contributed by atoms with E-state index in [-0.39, 0.29) is 0 Å². The van der Waals surface area contributed by atoms with E-state index in [0.717, 1.165) is 18.4 Å². The van der Waals surface area contributed by atoms with Gasteiger partial charge in [-0.3, -0.25) is 9.80 Å². The maximum absolute atomic E-state index is 4.55. The second-order valence-corrected chi connectivity index (χ2v) is 8.07. The van der Waals surface area contributed by atoms with Crippen LogP contribution in [-0.4, -0.2) is 46.1 Å². The van der Waals surface area contributed by atoms with E-state index in [2.05, 4.69) is 77.5 Å². The van der Waals surface area contributed by atoms with Gasteiger partial charge in [-0.2, -0.15) is 5.10 Å². The molecule has 2 aliphatic rings. The van der Waals surface area contributed by atoms with Crippen LogP contribution in [0, 0.1) is 18.8 Å². The van der Waals surface area contributed by atoms with Gasteiger partial charge in [-0.05, 0) is 43.0 Å². The molecular formula is C22H26N4. The van der Waals surface area contributed by atoms with Crippen LogP contribution in [0.1, 0.15) is 22.7 Å². The lowest BCUT2D eigenvalue weighted by molar-refractivity contribution is 0.225. The zero-order valence-corrected chi connectivity index (χ0v) is 15.5. The van der Waals surface area contributed by atoms with Crippen molar-refractivity contribution >= 4 is 5.52 Å². The lowest BCUT2D eigenvalue weighted by atomic mass is 9.90. The Balaban J connectivity index is 1.38. The number of pyridine rings is 1. The average molecular weight is 346 g/mol. The highest BCUT2D eigenvalue weighted by atomic mass is 15.3. The Bertz CT molecular complexity index is 916. The number of aromatic nitrogens is 2. The smallest absolute Gasteiger partial charge is 0.0735 e. The first kappa shape index (κ1) is 16.0. The molecule has 0 N–H and O–H groups in total. The standard InChI is InChI=1S/C22H26N4/c1-16-7-6-10-26-21(16)18(11-23-26)13-25-14-19-12-24(2)22(20(19)15-25)17-8-4-3-5-9-17/h3-11,19-20,22H,12-15H2,1-2H3/t19-,20+,22-/m0/s1. The van der Waals surface area contributed by atoms with E-state index in [1.165, 1.54) is 41.8 Å². The van der Waals surface area contributed by atoms with Crippen LogP contribution in [-0.2, 0) is 6.54 Å². The van der Waals surface area contributed by atoms with Gasteiger partial charge in [0.15, 0.2) is 0 Å². The van der Waals surface area contributed by atoms with Crippen molar-refractivity contribution in [1.82, 2.24) is 19.4 Å². The molecule has 0 radical (unpaired) electrons. The topological polar surface area (TPSA) is 23.8 Å². The highest BCUT2D eigenvalue weighted by molar-refractivity contribution is 5.59. The molecule has 2 fully saturated rings. The summed E-state index contributed by atoms with van der Waals surface area (Å²) in [5.74, 6) is 1.50. The number of nitrogens with zero attached hydrogens (tertiary/aromatic N) is 4. The molecule has 26 heavy (non-hydrogen) atoms. The summed E-state index contributed by atoms with van der Waals surface area (Å²) in [4.78, 5) is 5.20. The molecule has 5 rings (SSSR count). The van der Waals surface area contributed by atoms with Crippen molar-refractivity contribution in [3.63, 3.8) is 0 Å². The van der Waals surface area contributed by atoms with Crippen molar-refractivity contribution in [3.05, 3.63) is 71.5 Å². The van der Waals surface area contributed by atoms with Gasteiger partial charge < -0.3 is 0 Å². The average Bonchev–Trinajstić information content (AvgIpc) is 3.29. The highest BCUT2D eigenvalue weighted by Crippen LogP contribution is 2.44. The van der Waals surface area contributed by atoms with Gasteiger partial charge in [-0.25, -0.2) is 4.52 Å². The Kier molecular flexibility index (Phi) is 3.84. The van der Waals surface area contributed by atoms with E-state index in [9.17, 15) is 0 Å². The van der Waals surface area contributed by atoms with Crippen LogP contribution in [0.25, 0.3) is 5.52 Å². The van der Waals surface area contributed by atoms with Gasteiger partial charge >= 0.3 is 0 Å². The van der Waals surface area contributed by atoms with Crippen molar-refractivity contribution in [1.29, 1.82) is 0 Å². The second-order valence-electron chi connectivity index (χ2n) is 8.07. The summed E-state index contributed by atoms with van der Waals surface area (Å²) in [6.07, 6.45) is 4.10. The zero-order valence-electron chi connectivity index (χ0n) is 15.5. The fraction of sp³-hybridized carbons (Fsp3) is 0.409. The summed E-state index contributed by atoms with van der Waals surface area (Å²) < 4.78 is 2.02. The van der Waals surface area contributed by atoms with Crippen molar-refractivity contribution in [2.45, 2.75) is 19.5 Å². The molecular weight excluding hydrogens is 320 g/mol. The third-order valence-electron chi connectivity index (χ3n) is 6.32. The molecule has 4 heterocycles. The Morgan fingerprint density at radius 3 is 2.73 bits per heavy atom. The molecule has 3 atom stereocenters. The normalized spacial score (nSPS) is 26.6. The first-order valence-electron chi connectivity index (χ1n) is 9.60. The summed E-state index contributed by atoms with van der Waals surface area (Å²) in [6.45, 7) is 6.76. The summed E-state index contributed by atoms with van der Waals surface area (Å²) in [5.41, 5.74) is 5.41. The summed E-state index contributed by atoms with van der Waals surface area (Å²) in [6, 6.07) is 15.8. The highest BCUT2D eigenvalue weighted by Gasteiger charge is 2.45. The van der Waals surface area contributed by atoms with Crippen LogP contribution in [0.4, 0.5) is 0 Å². The predicted octanol–water partition coefficient (Wildman–Crippen LogP) is 3.38. The Morgan fingerprint density at radius 1 is 1.04 bits per heavy atom. The van der Waals surface area contributed by atoms with Gasteiger partial charge in [0.05, 0.1) is 11.7 Å². The zero-order chi connectivity index (χ0) is 17.7. The molecule has 0 bridgehead atoms. The molecule has 3 aromatic rings. The molecule has 0 saturated carbocycles. The molecule has 2 aliphatic heterocycles. The van der Waals surface area contributed by atoms with Crippen LogP contribution >= 0.6 is 0 Å². The largest absolute Gasteiger partial charge is 0.299 e. The van der Waals surface area contributed by atoms with E-state index in [4.69, 9.17) is 0 Å². The number of likely N-dealkylation sites (tertiary alicyclic amines) is 2. The predicted molar refractivity (Wildman–Crippen MR) is 104 cm³/mol. The van der Waals surface area contributed by atoms with Crippen LogP contribution in [0.5, 0.6) is 0 Å². The lowest BCUT2D eigenvalue weighted by Gasteiger charge is -2.26. The molecule has 0 amide bonds. The second kappa shape index (κ2) is 6.22. The minimum Gasteiger partial charge on any atom is -0.299 e. The van der Waals surface area contributed by atoms with E-state index in [0.29, 0.717) is 6.04 Å². The van der Waals surface area contributed by atoms with Crippen molar-refractivity contribution in [2.75, 3.05) is 26.7 Å². The molecule has 2 aromatic heterocycles. The molecule has 0 aliphatic carbocycles. The fourth-order valence-electron chi connectivity index (χ4n) is 5.28. The number of hydrogen-bond donors (Lipinski definition) is 0. The molecule has 0 unspecified atom stereocenters. The van der Waals surface area contributed by atoms with Crippen molar-refractivity contribution in [2.24, 2.45) is 11.8 Å². The Hall–Kier alpha value is -2.17. The van der Waals surface area contributed by atoms with Gasteiger partial charge in [0, 0.05) is 44.0 Å². The van der Waals surface area contributed by atoms with Crippen LogP contribution < -0.4 is 0 Å². The van der Waals surface area contributed by atoms with Gasteiger partial charge in [0.1, 0.15) is 0 Å². The number of aryl methyl sites for hydroxylation is 1. The van der Waals surface area contributed by atoms with Gasteiger partial charge in [0.2, 0.25) is 0 Å². The number of rotatable bonds is 3. The van der Waals surface area contributed by atoms with Crippen molar-refractivity contribution in [3.8, 4) is 0 Å². The lowest BCUT2D eigenvalue weighted by Crippen LogP contribution is -2.28. The summed E-state index contributed by atoms with van der Waals surface area (Å²) in [7, 11) is 2.29. The van der Waals surface area contributed by atoms with E-state index in [1.807, 2.05) is 10.7 Å². The molecule has 2 saturated heterocycles. The molecule has 4 heteroatoms. The number of fused-ring (bicyclic) bond motifs is 2. The fourth-order valence-corrected chi connectivity index (χ4v) is 5.28. The monoisotopic (exact) mass is 346 g/mol. The molecule has 134 valence electrons. The molecule has 1 aromatic carbocycles. The first-order chi connectivity index (χ1) is 12.7. The van der Waals surface area contributed by atoms with Crippen LogP contribution in [0.15, 0.2) is 54.9 Å². The Labute approximate surface area is 155 Å². The minimum absolute atomic E-state index is 0.553. The van der Waals surface area contributed by atoms with Crippen LogP contribution in [0.2, 0.25) is 0 Å². The quantitative estimate of drug-likeness (QED) is 0.726. The summed E-state index contributed by atoms with van der Waals surface area (Å²) >= 11 is 0. The minimum atomic E-state index is 0.553. The van der Waals surface area contributed by atoms with E-state index in [1.54, 1.807) is 0 Å². The third kappa shape index (κ3) is 2.56. The SMILES string of the molecule is Cc1cccn2ncc(CN3C[C@@H]4CN(C)[C@@H](c5ccccc5)[C@@H]4C3)c12. The first-order valence-corrected chi connectivity index (χ1v) is 9.60. The Morgan fingerprint density at radius 2 is 1.88 bits per heavy atom. The number of hydrogen-bond acceptors (Lipinski definition) is 3.